The number of phenolic OH excluding ortho intramolecular Hbond substituents is 1. The predicted octanol–water partition coefficient (Wildman–Crippen LogP) is 2.62. The number of hydrogen-bond acceptors (Lipinski definition) is 3. The SMILES string of the molecule is O=C(NCC1CCCCC1C(=O)O)c1ccc(I)c(O)c1. The van der Waals surface area contributed by atoms with E-state index in [1.165, 1.54) is 6.07 Å². The molecule has 2 rings (SSSR count). The smallest absolute Gasteiger partial charge is 0.306 e. The molecule has 1 amide bonds. The highest BCUT2D eigenvalue weighted by Crippen LogP contribution is 2.29. The number of nitrogens with one attached hydrogen (secondary N) is 1. The molecular weight excluding hydrogens is 385 g/mol. The zero-order valence-corrected chi connectivity index (χ0v) is 13.7. The topological polar surface area (TPSA) is 86.6 Å². The number of hydrogen-bond donors (Lipinski definition) is 3. The summed E-state index contributed by atoms with van der Waals surface area (Å²) >= 11 is 1.98. The number of carboxylic acids is 1. The molecule has 3 N–H and O–H groups in total. The molecule has 2 atom stereocenters. The van der Waals surface area contributed by atoms with Gasteiger partial charge in [-0.2, -0.15) is 0 Å². The highest BCUT2D eigenvalue weighted by molar-refractivity contribution is 14.1. The number of rotatable bonds is 4. The van der Waals surface area contributed by atoms with Gasteiger partial charge in [0, 0.05) is 12.1 Å². The van der Waals surface area contributed by atoms with E-state index in [1.54, 1.807) is 12.1 Å². The van der Waals surface area contributed by atoms with Crippen molar-refractivity contribution in [2.75, 3.05) is 6.54 Å². The molecule has 1 aromatic carbocycles. The van der Waals surface area contributed by atoms with Gasteiger partial charge in [-0.1, -0.05) is 12.8 Å². The van der Waals surface area contributed by atoms with Gasteiger partial charge in [0.1, 0.15) is 5.75 Å². The third kappa shape index (κ3) is 4.09. The van der Waals surface area contributed by atoms with Gasteiger partial charge in [-0.25, -0.2) is 0 Å². The Bertz CT molecular complexity index is 546. The summed E-state index contributed by atoms with van der Waals surface area (Å²) in [4.78, 5) is 23.3. The summed E-state index contributed by atoms with van der Waals surface area (Å²) in [6.07, 6.45) is 3.45. The maximum absolute atomic E-state index is 12.1. The molecule has 5 nitrogen and oxygen atoms in total. The second-order valence-corrected chi connectivity index (χ2v) is 6.53. The normalized spacial score (nSPS) is 21.8. The molecular formula is C15H18INO4. The van der Waals surface area contributed by atoms with Crippen LogP contribution in [0.15, 0.2) is 18.2 Å². The van der Waals surface area contributed by atoms with E-state index < -0.39 is 5.97 Å². The minimum Gasteiger partial charge on any atom is -0.507 e. The number of phenols is 1. The van der Waals surface area contributed by atoms with Crippen LogP contribution in [-0.2, 0) is 4.79 Å². The lowest BCUT2D eigenvalue weighted by Gasteiger charge is -2.28. The molecule has 1 aliphatic rings. The van der Waals surface area contributed by atoms with Crippen LogP contribution in [0.25, 0.3) is 0 Å². The van der Waals surface area contributed by atoms with E-state index >= 15 is 0 Å². The van der Waals surface area contributed by atoms with Crippen LogP contribution in [0.4, 0.5) is 0 Å². The summed E-state index contributed by atoms with van der Waals surface area (Å²) in [7, 11) is 0. The molecule has 0 spiro atoms. The Morgan fingerprint density at radius 3 is 2.67 bits per heavy atom. The summed E-state index contributed by atoms with van der Waals surface area (Å²) in [5.41, 5.74) is 0.385. The fourth-order valence-corrected chi connectivity index (χ4v) is 3.09. The first kappa shape index (κ1) is 16.1. The maximum Gasteiger partial charge on any atom is 0.306 e. The second-order valence-electron chi connectivity index (χ2n) is 5.37. The molecule has 6 heteroatoms. The average molecular weight is 403 g/mol. The molecule has 2 unspecified atom stereocenters. The molecule has 0 saturated heterocycles. The third-order valence-electron chi connectivity index (χ3n) is 3.96. The Morgan fingerprint density at radius 1 is 1.29 bits per heavy atom. The van der Waals surface area contributed by atoms with Gasteiger partial charge in [-0.05, 0) is 59.5 Å². The first-order chi connectivity index (χ1) is 9.99. The minimum atomic E-state index is -0.777. The van der Waals surface area contributed by atoms with E-state index in [0.717, 1.165) is 19.3 Å². The number of carboxylic acid groups (broad SMARTS) is 1. The fourth-order valence-electron chi connectivity index (χ4n) is 2.76. The van der Waals surface area contributed by atoms with Gasteiger partial charge in [-0.15, -0.1) is 0 Å². The number of aliphatic carboxylic acids is 1. The number of carbonyl (C=O) groups excluding carboxylic acids is 1. The molecule has 1 fully saturated rings. The van der Waals surface area contributed by atoms with Gasteiger partial charge in [-0.3, -0.25) is 9.59 Å². The van der Waals surface area contributed by atoms with Crippen molar-refractivity contribution < 1.29 is 19.8 Å². The predicted molar refractivity (Wildman–Crippen MR) is 86.2 cm³/mol. The summed E-state index contributed by atoms with van der Waals surface area (Å²) in [6, 6.07) is 4.74. The molecule has 0 aliphatic heterocycles. The average Bonchev–Trinajstić information content (AvgIpc) is 2.47. The highest BCUT2D eigenvalue weighted by atomic mass is 127. The van der Waals surface area contributed by atoms with Crippen molar-refractivity contribution in [2.24, 2.45) is 11.8 Å². The first-order valence-electron chi connectivity index (χ1n) is 6.98. The van der Waals surface area contributed by atoms with E-state index in [-0.39, 0.29) is 23.5 Å². The van der Waals surface area contributed by atoms with Crippen LogP contribution < -0.4 is 5.32 Å². The Morgan fingerprint density at radius 2 is 2.00 bits per heavy atom. The van der Waals surface area contributed by atoms with Crippen LogP contribution in [0, 0.1) is 15.4 Å². The van der Waals surface area contributed by atoms with Gasteiger partial charge in [0.15, 0.2) is 0 Å². The lowest BCUT2D eigenvalue weighted by Crippen LogP contribution is -2.37. The monoisotopic (exact) mass is 403 g/mol. The van der Waals surface area contributed by atoms with Crippen molar-refractivity contribution in [3.63, 3.8) is 0 Å². The van der Waals surface area contributed by atoms with Crippen LogP contribution in [0.1, 0.15) is 36.0 Å². The summed E-state index contributed by atoms with van der Waals surface area (Å²) < 4.78 is 0.683. The van der Waals surface area contributed by atoms with Crippen LogP contribution in [0.2, 0.25) is 0 Å². The van der Waals surface area contributed by atoms with Crippen molar-refractivity contribution in [3.8, 4) is 5.75 Å². The number of aromatic hydroxyl groups is 1. The summed E-state index contributed by atoms with van der Waals surface area (Å²) in [5, 5.41) is 21.6. The second kappa shape index (κ2) is 7.11. The van der Waals surface area contributed by atoms with Crippen molar-refractivity contribution in [1.82, 2.24) is 5.32 Å². The summed E-state index contributed by atoms with van der Waals surface area (Å²) in [6.45, 7) is 0.364. The van der Waals surface area contributed by atoms with Gasteiger partial charge < -0.3 is 15.5 Å². The molecule has 21 heavy (non-hydrogen) atoms. The maximum atomic E-state index is 12.1. The van der Waals surface area contributed by atoms with E-state index in [2.05, 4.69) is 5.32 Å². The number of carbonyl (C=O) groups is 2. The van der Waals surface area contributed by atoms with Crippen molar-refractivity contribution in [2.45, 2.75) is 25.7 Å². The molecule has 114 valence electrons. The van der Waals surface area contributed by atoms with Crippen LogP contribution in [-0.4, -0.2) is 28.6 Å². The molecule has 1 aromatic rings. The van der Waals surface area contributed by atoms with E-state index in [1.807, 2.05) is 22.6 Å². The first-order valence-corrected chi connectivity index (χ1v) is 8.06. The Kier molecular flexibility index (Phi) is 5.44. The zero-order valence-electron chi connectivity index (χ0n) is 11.5. The van der Waals surface area contributed by atoms with Gasteiger partial charge in [0.2, 0.25) is 0 Å². The molecule has 0 radical (unpaired) electrons. The van der Waals surface area contributed by atoms with Crippen molar-refractivity contribution in [1.29, 1.82) is 0 Å². The van der Waals surface area contributed by atoms with Crippen LogP contribution >= 0.6 is 22.6 Å². The van der Waals surface area contributed by atoms with Crippen molar-refractivity contribution in [3.05, 3.63) is 27.3 Å². The van der Waals surface area contributed by atoms with Gasteiger partial charge >= 0.3 is 5.97 Å². The standard InChI is InChI=1S/C15H18INO4/c16-12-6-5-9(7-13(12)18)14(19)17-8-10-3-1-2-4-11(10)15(20)21/h5-7,10-11,18H,1-4,8H2,(H,17,19)(H,20,21). The Balaban J connectivity index is 1.96. The molecule has 1 saturated carbocycles. The minimum absolute atomic E-state index is 0.0161. The van der Waals surface area contributed by atoms with E-state index in [9.17, 15) is 19.8 Å². The van der Waals surface area contributed by atoms with Gasteiger partial charge in [0.25, 0.3) is 5.91 Å². The molecule has 1 aliphatic carbocycles. The van der Waals surface area contributed by atoms with Crippen LogP contribution in [0.5, 0.6) is 5.75 Å². The number of halogens is 1. The lowest BCUT2D eigenvalue weighted by atomic mass is 9.79. The quantitative estimate of drug-likeness (QED) is 0.675. The number of amides is 1. The Labute approximate surface area is 136 Å². The fraction of sp³-hybridized carbons (Fsp3) is 0.467. The summed E-state index contributed by atoms with van der Waals surface area (Å²) in [5.74, 6) is -1.37. The van der Waals surface area contributed by atoms with E-state index in [4.69, 9.17) is 0 Å². The molecule has 0 heterocycles. The zero-order chi connectivity index (χ0) is 15.4. The molecule has 0 bridgehead atoms. The Hall–Kier alpha value is -1.31. The number of benzene rings is 1. The third-order valence-corrected chi connectivity index (χ3v) is 4.87. The lowest BCUT2D eigenvalue weighted by molar-refractivity contribution is -0.144. The largest absolute Gasteiger partial charge is 0.507 e. The van der Waals surface area contributed by atoms with Crippen LogP contribution in [0.3, 0.4) is 0 Å². The van der Waals surface area contributed by atoms with E-state index in [0.29, 0.717) is 22.1 Å². The van der Waals surface area contributed by atoms with Crippen molar-refractivity contribution >= 4 is 34.5 Å². The van der Waals surface area contributed by atoms with Gasteiger partial charge in [0.05, 0.1) is 9.49 Å². The molecule has 0 aromatic heterocycles. The highest BCUT2D eigenvalue weighted by Gasteiger charge is 2.30.